The van der Waals surface area contributed by atoms with Gasteiger partial charge in [-0.05, 0) is 31.7 Å². The van der Waals surface area contributed by atoms with Crippen molar-refractivity contribution in [3.8, 4) is 0 Å². The Kier molecular flexibility index (Phi) is 2.11. The second-order valence-corrected chi connectivity index (χ2v) is 2.66. The summed E-state index contributed by atoms with van der Waals surface area (Å²) in [5.74, 6) is 0.692. The van der Waals surface area contributed by atoms with Gasteiger partial charge in [0.1, 0.15) is 0 Å². The molecule has 0 saturated heterocycles. The molecular formula is C7H14N2. The average molecular weight is 126 g/mol. The van der Waals surface area contributed by atoms with E-state index in [1.807, 2.05) is 0 Å². The first-order valence-corrected chi connectivity index (χ1v) is 3.47. The molecule has 52 valence electrons. The van der Waals surface area contributed by atoms with Gasteiger partial charge in [-0.1, -0.05) is 6.08 Å². The van der Waals surface area contributed by atoms with E-state index in [4.69, 9.17) is 11.5 Å². The van der Waals surface area contributed by atoms with Gasteiger partial charge in [-0.15, -0.1) is 0 Å². The molecule has 1 unspecified atom stereocenters. The summed E-state index contributed by atoms with van der Waals surface area (Å²) < 4.78 is 0. The molecule has 0 amide bonds. The zero-order chi connectivity index (χ0) is 6.69. The van der Waals surface area contributed by atoms with E-state index in [1.165, 1.54) is 6.42 Å². The lowest BCUT2D eigenvalue weighted by atomic mass is 9.93. The van der Waals surface area contributed by atoms with Crippen LogP contribution in [0.5, 0.6) is 0 Å². The molecule has 4 N–H and O–H groups in total. The molecule has 1 aliphatic carbocycles. The average Bonchev–Trinajstić information content (AvgIpc) is 1.90. The Hall–Kier alpha value is -0.500. The van der Waals surface area contributed by atoms with Gasteiger partial charge in [0.15, 0.2) is 0 Å². The first-order valence-electron chi connectivity index (χ1n) is 3.47. The molecule has 0 aromatic heterocycles. The van der Waals surface area contributed by atoms with Crippen LogP contribution in [0.4, 0.5) is 0 Å². The summed E-state index contributed by atoms with van der Waals surface area (Å²) in [5.41, 5.74) is 12.1. The fraction of sp³-hybridized carbons (Fsp3) is 0.714. The van der Waals surface area contributed by atoms with Gasteiger partial charge >= 0.3 is 0 Å². The Morgan fingerprint density at radius 1 is 1.67 bits per heavy atom. The van der Waals surface area contributed by atoms with Gasteiger partial charge in [-0.25, -0.2) is 0 Å². The molecular weight excluding hydrogens is 112 g/mol. The number of nitrogens with two attached hydrogens (primary N) is 2. The summed E-state index contributed by atoms with van der Waals surface area (Å²) >= 11 is 0. The van der Waals surface area contributed by atoms with E-state index in [2.05, 4.69) is 6.08 Å². The van der Waals surface area contributed by atoms with Gasteiger partial charge in [0.2, 0.25) is 0 Å². The second-order valence-electron chi connectivity index (χ2n) is 2.66. The minimum absolute atomic E-state index is 0.692. The molecule has 0 fully saturated rings. The van der Waals surface area contributed by atoms with Crippen LogP contribution in [0.3, 0.4) is 0 Å². The Balaban J connectivity index is 2.36. The zero-order valence-corrected chi connectivity index (χ0v) is 5.64. The molecule has 0 aliphatic heterocycles. The van der Waals surface area contributed by atoms with Gasteiger partial charge in [0, 0.05) is 5.70 Å². The van der Waals surface area contributed by atoms with E-state index in [9.17, 15) is 0 Å². The molecule has 2 nitrogen and oxygen atoms in total. The highest BCUT2D eigenvalue weighted by Crippen LogP contribution is 2.18. The number of rotatable bonds is 1. The summed E-state index contributed by atoms with van der Waals surface area (Å²) in [7, 11) is 0. The molecule has 0 radical (unpaired) electrons. The molecule has 0 spiro atoms. The maximum atomic E-state index is 5.57. The predicted octanol–water partition coefficient (Wildman–Crippen LogP) is 0.588. The summed E-state index contributed by atoms with van der Waals surface area (Å²) in [4.78, 5) is 0. The highest BCUT2D eigenvalue weighted by molar-refractivity contribution is 5.01. The van der Waals surface area contributed by atoms with E-state index in [1.54, 1.807) is 0 Å². The third-order valence-corrected chi connectivity index (χ3v) is 1.89. The molecule has 1 atom stereocenters. The van der Waals surface area contributed by atoms with Crippen LogP contribution < -0.4 is 11.5 Å². The highest BCUT2D eigenvalue weighted by atomic mass is 14.6. The van der Waals surface area contributed by atoms with Crippen molar-refractivity contribution in [3.05, 3.63) is 11.8 Å². The van der Waals surface area contributed by atoms with Crippen LogP contribution in [0, 0.1) is 5.92 Å². The van der Waals surface area contributed by atoms with Crippen LogP contribution in [-0.4, -0.2) is 6.54 Å². The quantitative estimate of drug-likeness (QED) is 0.540. The third kappa shape index (κ3) is 1.72. The van der Waals surface area contributed by atoms with Crippen LogP contribution >= 0.6 is 0 Å². The van der Waals surface area contributed by atoms with Crippen molar-refractivity contribution in [1.29, 1.82) is 0 Å². The van der Waals surface area contributed by atoms with Crippen molar-refractivity contribution in [2.45, 2.75) is 19.3 Å². The monoisotopic (exact) mass is 126 g/mol. The van der Waals surface area contributed by atoms with Crippen LogP contribution in [0.25, 0.3) is 0 Å². The Morgan fingerprint density at radius 2 is 2.44 bits per heavy atom. The van der Waals surface area contributed by atoms with Gasteiger partial charge in [-0.2, -0.15) is 0 Å². The molecule has 0 saturated carbocycles. The van der Waals surface area contributed by atoms with Crippen molar-refractivity contribution >= 4 is 0 Å². The maximum Gasteiger partial charge on any atom is 0.00401 e. The minimum Gasteiger partial charge on any atom is -0.402 e. The SMILES string of the molecule is NCC1CC=C(N)CC1. The van der Waals surface area contributed by atoms with Crippen molar-refractivity contribution in [1.82, 2.24) is 0 Å². The first kappa shape index (κ1) is 6.62. The van der Waals surface area contributed by atoms with Crippen molar-refractivity contribution in [2.75, 3.05) is 6.54 Å². The van der Waals surface area contributed by atoms with Crippen molar-refractivity contribution < 1.29 is 0 Å². The lowest BCUT2D eigenvalue weighted by Gasteiger charge is -2.17. The molecule has 0 aromatic rings. The number of hydrogen-bond acceptors (Lipinski definition) is 2. The Labute approximate surface area is 55.9 Å². The van der Waals surface area contributed by atoms with E-state index < -0.39 is 0 Å². The highest BCUT2D eigenvalue weighted by Gasteiger charge is 2.09. The fourth-order valence-electron chi connectivity index (χ4n) is 1.12. The van der Waals surface area contributed by atoms with E-state index in [0.29, 0.717) is 5.92 Å². The van der Waals surface area contributed by atoms with E-state index >= 15 is 0 Å². The van der Waals surface area contributed by atoms with Crippen molar-refractivity contribution in [2.24, 2.45) is 17.4 Å². The summed E-state index contributed by atoms with van der Waals surface area (Å²) in [5, 5.41) is 0. The minimum atomic E-state index is 0.692. The molecule has 9 heavy (non-hydrogen) atoms. The summed E-state index contributed by atoms with van der Waals surface area (Å²) in [6, 6.07) is 0. The standard InChI is InChI=1S/C7H14N2/c8-5-6-1-3-7(9)4-2-6/h3,6H,1-2,4-5,8-9H2. The number of allylic oxidation sites excluding steroid dienone is 2. The lowest BCUT2D eigenvalue weighted by molar-refractivity contribution is 0.479. The molecule has 0 aromatic carbocycles. The van der Waals surface area contributed by atoms with Gasteiger partial charge in [0.05, 0.1) is 0 Å². The van der Waals surface area contributed by atoms with Gasteiger partial charge < -0.3 is 11.5 Å². The zero-order valence-electron chi connectivity index (χ0n) is 5.64. The number of hydrogen-bond donors (Lipinski definition) is 2. The van der Waals surface area contributed by atoms with Crippen LogP contribution in [0.1, 0.15) is 19.3 Å². The summed E-state index contributed by atoms with van der Waals surface area (Å²) in [6.07, 6.45) is 5.41. The first-order chi connectivity index (χ1) is 4.33. The Morgan fingerprint density at radius 3 is 2.89 bits per heavy atom. The molecule has 0 bridgehead atoms. The maximum absolute atomic E-state index is 5.57. The third-order valence-electron chi connectivity index (χ3n) is 1.89. The smallest absolute Gasteiger partial charge is 0.00401 e. The van der Waals surface area contributed by atoms with E-state index in [-0.39, 0.29) is 0 Å². The second kappa shape index (κ2) is 2.87. The predicted molar refractivity (Wildman–Crippen MR) is 38.7 cm³/mol. The van der Waals surface area contributed by atoms with Crippen LogP contribution in [-0.2, 0) is 0 Å². The molecule has 1 aliphatic rings. The Bertz CT molecular complexity index is 118. The fourth-order valence-corrected chi connectivity index (χ4v) is 1.12. The summed E-state index contributed by atoms with van der Waals surface area (Å²) in [6.45, 7) is 0.809. The molecule has 0 heterocycles. The largest absolute Gasteiger partial charge is 0.402 e. The topological polar surface area (TPSA) is 52.0 Å². The van der Waals surface area contributed by atoms with Crippen LogP contribution in [0.2, 0.25) is 0 Å². The van der Waals surface area contributed by atoms with Crippen LogP contribution in [0.15, 0.2) is 11.8 Å². The van der Waals surface area contributed by atoms with Gasteiger partial charge in [-0.3, -0.25) is 0 Å². The molecule has 1 rings (SSSR count). The van der Waals surface area contributed by atoms with Gasteiger partial charge in [0.25, 0.3) is 0 Å². The van der Waals surface area contributed by atoms with E-state index in [0.717, 1.165) is 25.1 Å². The molecule has 2 heteroatoms. The normalized spacial score (nSPS) is 27.7. The van der Waals surface area contributed by atoms with Crippen molar-refractivity contribution in [3.63, 3.8) is 0 Å². The lowest BCUT2D eigenvalue weighted by Crippen LogP contribution is -2.18.